The molecule has 0 amide bonds. The number of rotatable bonds is 8. The molecule has 11 heteroatoms. The topological polar surface area (TPSA) is 73.1 Å². The molecule has 5 nitrogen and oxygen atoms in total. The smallest absolute Gasteiger partial charge is 0.417 e. The van der Waals surface area contributed by atoms with Gasteiger partial charge in [0, 0.05) is 41.5 Å². The first-order valence-corrected chi connectivity index (χ1v) is 17.4. The monoisotopic (exact) mass is 752 g/mol. The third-order valence-corrected chi connectivity index (χ3v) is 9.25. The number of nitrogens with two attached hydrogens (primary N) is 1. The van der Waals surface area contributed by atoms with Crippen molar-refractivity contribution in [2.45, 2.75) is 45.8 Å². The molecule has 2 aromatic heterocycles. The number of fused-ring (bicyclic) bond motifs is 2. The van der Waals surface area contributed by atoms with Gasteiger partial charge in [-0.05, 0) is 78.1 Å². The molecule has 0 aliphatic rings. The van der Waals surface area contributed by atoms with Crippen LogP contribution in [0.4, 0.5) is 26.3 Å². The van der Waals surface area contributed by atoms with E-state index in [2.05, 4.69) is 10.3 Å². The van der Waals surface area contributed by atoms with Crippen molar-refractivity contribution in [3.63, 3.8) is 0 Å². The highest BCUT2D eigenvalue weighted by molar-refractivity contribution is 5.87. The molecule has 0 bridgehead atoms. The highest BCUT2D eigenvalue weighted by atomic mass is 19.4. The summed E-state index contributed by atoms with van der Waals surface area (Å²) in [5, 5.41) is 5.12. The van der Waals surface area contributed by atoms with E-state index in [9.17, 15) is 26.3 Å². The molecule has 2 heterocycles. The molecule has 7 rings (SSSR count). The van der Waals surface area contributed by atoms with E-state index in [1.165, 1.54) is 24.3 Å². The van der Waals surface area contributed by atoms with Crippen molar-refractivity contribution >= 4 is 21.8 Å². The average Bonchev–Trinajstić information content (AvgIpc) is 3.17. The second-order valence-corrected chi connectivity index (χ2v) is 13.0. The number of pyridine rings is 2. The fraction of sp³-hybridized carbons (Fsp3) is 0.182. The summed E-state index contributed by atoms with van der Waals surface area (Å²) in [6, 6.07) is 33.9. The van der Waals surface area contributed by atoms with Crippen LogP contribution in [0.5, 0.6) is 5.75 Å². The number of ether oxygens (including phenoxy) is 1. The standard InChI is InChI=1S/C26H23F3N2O.C18H15F3N2/c1-17-6-5-7-19-14-20(16-30-15-18-10-12-21(32-2)13-11-18)25(31-24(17)19)22-8-3-4-9-23(22)26(27,28)29;1-11-5-4-6-12-9-13(10-22)17(23-16(11)12)14-7-2-3-8-15(14)18(19,20)21/h3-14,30H,15-16H2,1-2H3;2-9H,10,22H2,1H3. The number of aryl methyl sites for hydroxylation is 2. The summed E-state index contributed by atoms with van der Waals surface area (Å²) < 4.78 is 86.3. The minimum Gasteiger partial charge on any atom is -0.497 e. The number of alkyl halides is 6. The van der Waals surface area contributed by atoms with Crippen LogP contribution in [-0.4, -0.2) is 17.1 Å². The minimum absolute atomic E-state index is 0.0607. The Kier molecular flexibility index (Phi) is 11.5. The lowest BCUT2D eigenvalue weighted by Crippen LogP contribution is -2.15. The SMILES string of the molecule is COc1ccc(CNCc2cc3cccc(C)c3nc2-c2ccccc2C(F)(F)F)cc1.Cc1cccc2cc(CN)c(-c3ccccc3C(F)(F)F)nc12. The van der Waals surface area contributed by atoms with Gasteiger partial charge in [0.2, 0.25) is 0 Å². The molecule has 0 radical (unpaired) electrons. The molecule has 0 saturated heterocycles. The third-order valence-electron chi connectivity index (χ3n) is 9.25. The Bertz CT molecular complexity index is 2440. The van der Waals surface area contributed by atoms with Crippen molar-refractivity contribution in [3.8, 4) is 28.3 Å². The van der Waals surface area contributed by atoms with Gasteiger partial charge in [-0.3, -0.25) is 0 Å². The summed E-state index contributed by atoms with van der Waals surface area (Å²) >= 11 is 0. The van der Waals surface area contributed by atoms with Crippen molar-refractivity contribution in [3.05, 3.63) is 160 Å². The number of benzene rings is 5. The predicted molar refractivity (Wildman–Crippen MR) is 205 cm³/mol. The summed E-state index contributed by atoms with van der Waals surface area (Å²) in [5.41, 5.74) is 10.8. The molecule has 0 unspecified atom stereocenters. The van der Waals surface area contributed by atoms with Crippen LogP contribution in [0.3, 0.4) is 0 Å². The zero-order chi connectivity index (χ0) is 39.3. The van der Waals surface area contributed by atoms with Crippen LogP contribution in [0.2, 0.25) is 0 Å². The van der Waals surface area contributed by atoms with E-state index in [4.69, 9.17) is 15.5 Å². The molecule has 0 saturated carbocycles. The lowest BCUT2D eigenvalue weighted by molar-refractivity contribution is -0.137. The van der Waals surface area contributed by atoms with Crippen molar-refractivity contribution in [1.29, 1.82) is 0 Å². The van der Waals surface area contributed by atoms with Gasteiger partial charge in [0.25, 0.3) is 0 Å². The Morgan fingerprint density at radius 2 is 1.05 bits per heavy atom. The van der Waals surface area contributed by atoms with Crippen LogP contribution in [0.25, 0.3) is 44.3 Å². The molecule has 282 valence electrons. The number of methoxy groups -OCH3 is 1. The molecule has 5 aromatic carbocycles. The summed E-state index contributed by atoms with van der Waals surface area (Å²) in [5.74, 6) is 0.772. The van der Waals surface area contributed by atoms with Gasteiger partial charge in [-0.2, -0.15) is 26.3 Å². The van der Waals surface area contributed by atoms with Crippen LogP contribution < -0.4 is 15.8 Å². The number of aromatic nitrogens is 2. The minimum atomic E-state index is -4.47. The maximum absolute atomic E-state index is 13.7. The predicted octanol–water partition coefficient (Wildman–Crippen LogP) is 11.2. The number of nitrogens with one attached hydrogen (secondary N) is 1. The number of hydrogen-bond acceptors (Lipinski definition) is 5. The summed E-state index contributed by atoms with van der Waals surface area (Å²) in [6.07, 6.45) is -8.91. The molecule has 0 aliphatic carbocycles. The lowest BCUT2D eigenvalue weighted by Gasteiger charge is -2.17. The molecule has 0 atom stereocenters. The van der Waals surface area contributed by atoms with E-state index in [-0.39, 0.29) is 17.7 Å². The maximum Gasteiger partial charge on any atom is 0.417 e. The molecule has 7 aromatic rings. The van der Waals surface area contributed by atoms with Crippen LogP contribution >= 0.6 is 0 Å². The Labute approximate surface area is 314 Å². The molecular formula is C44H38F6N4O. The number of nitrogens with zero attached hydrogens (tertiary/aromatic N) is 2. The first-order valence-electron chi connectivity index (χ1n) is 17.4. The lowest BCUT2D eigenvalue weighted by atomic mass is 9.97. The molecule has 55 heavy (non-hydrogen) atoms. The van der Waals surface area contributed by atoms with Crippen LogP contribution in [-0.2, 0) is 32.0 Å². The molecular weight excluding hydrogens is 714 g/mol. The van der Waals surface area contributed by atoms with Crippen LogP contribution in [0.15, 0.2) is 121 Å². The summed E-state index contributed by atoms with van der Waals surface area (Å²) in [6.45, 7) is 4.87. The fourth-order valence-corrected chi connectivity index (χ4v) is 6.50. The van der Waals surface area contributed by atoms with Gasteiger partial charge in [-0.1, -0.05) is 84.9 Å². The quantitative estimate of drug-likeness (QED) is 0.151. The molecule has 0 spiro atoms. The van der Waals surface area contributed by atoms with Crippen molar-refractivity contribution < 1.29 is 31.1 Å². The number of para-hydroxylation sites is 2. The van der Waals surface area contributed by atoms with Gasteiger partial charge in [0.15, 0.2) is 0 Å². The van der Waals surface area contributed by atoms with Crippen molar-refractivity contribution in [2.75, 3.05) is 7.11 Å². The first kappa shape index (κ1) is 38.9. The van der Waals surface area contributed by atoms with Gasteiger partial charge in [-0.15, -0.1) is 0 Å². The fourth-order valence-electron chi connectivity index (χ4n) is 6.50. The van der Waals surface area contributed by atoms with Gasteiger partial charge < -0.3 is 15.8 Å². The highest BCUT2D eigenvalue weighted by Crippen LogP contribution is 2.40. The zero-order valence-corrected chi connectivity index (χ0v) is 30.3. The Hall–Kier alpha value is -5.78. The third kappa shape index (κ3) is 8.80. The number of halogens is 6. The largest absolute Gasteiger partial charge is 0.497 e. The summed E-state index contributed by atoms with van der Waals surface area (Å²) in [4.78, 5) is 9.22. The average molecular weight is 753 g/mol. The first-order chi connectivity index (χ1) is 26.3. The Balaban J connectivity index is 0.000000197. The molecule has 0 fully saturated rings. The Morgan fingerprint density at radius 3 is 1.53 bits per heavy atom. The van der Waals surface area contributed by atoms with Crippen LogP contribution in [0.1, 0.15) is 38.9 Å². The highest BCUT2D eigenvalue weighted by Gasteiger charge is 2.35. The van der Waals surface area contributed by atoms with E-state index in [0.717, 1.165) is 45.3 Å². The Morgan fingerprint density at radius 1 is 0.582 bits per heavy atom. The molecule has 3 N–H and O–H groups in total. The van der Waals surface area contributed by atoms with Gasteiger partial charge in [0.05, 0.1) is 40.7 Å². The van der Waals surface area contributed by atoms with E-state index in [1.807, 2.05) is 86.6 Å². The molecule has 0 aliphatic heterocycles. The maximum atomic E-state index is 13.7. The normalized spacial score (nSPS) is 11.7. The van der Waals surface area contributed by atoms with E-state index < -0.39 is 23.5 Å². The van der Waals surface area contributed by atoms with E-state index in [1.54, 1.807) is 19.2 Å². The number of hydrogen-bond donors (Lipinski definition) is 2. The van der Waals surface area contributed by atoms with Crippen LogP contribution in [0, 0.1) is 13.8 Å². The van der Waals surface area contributed by atoms with E-state index >= 15 is 0 Å². The van der Waals surface area contributed by atoms with Gasteiger partial charge >= 0.3 is 12.4 Å². The van der Waals surface area contributed by atoms with E-state index in [0.29, 0.717) is 46.6 Å². The zero-order valence-electron chi connectivity index (χ0n) is 30.3. The second-order valence-electron chi connectivity index (χ2n) is 13.0. The van der Waals surface area contributed by atoms with Gasteiger partial charge in [-0.25, -0.2) is 9.97 Å². The van der Waals surface area contributed by atoms with Gasteiger partial charge in [0.1, 0.15) is 5.75 Å². The van der Waals surface area contributed by atoms with Crippen molar-refractivity contribution in [1.82, 2.24) is 15.3 Å². The summed E-state index contributed by atoms with van der Waals surface area (Å²) in [7, 11) is 1.61. The van der Waals surface area contributed by atoms with Crippen molar-refractivity contribution in [2.24, 2.45) is 5.73 Å². The second kappa shape index (κ2) is 16.3.